The number of benzene rings is 1. The minimum Gasteiger partial charge on any atom is -0.496 e. The Morgan fingerprint density at radius 2 is 1.74 bits per heavy atom. The molecule has 2 heterocycles. The summed E-state index contributed by atoms with van der Waals surface area (Å²) >= 11 is 0. The molecule has 7 nitrogen and oxygen atoms in total. The highest BCUT2D eigenvalue weighted by Crippen LogP contribution is 2.28. The molecule has 2 aromatic heterocycles. The van der Waals surface area contributed by atoms with Gasteiger partial charge in [-0.05, 0) is 36.4 Å². The third-order valence-electron chi connectivity index (χ3n) is 3.86. The fourth-order valence-electron chi connectivity index (χ4n) is 2.52. The number of rotatable bonds is 7. The highest BCUT2D eigenvalue weighted by molar-refractivity contribution is 6.07. The second-order valence-electron chi connectivity index (χ2n) is 5.60. The molecule has 0 saturated carbocycles. The highest BCUT2D eigenvalue weighted by Gasteiger charge is 2.18. The smallest absolute Gasteiger partial charge is 0.264 e. The van der Waals surface area contributed by atoms with E-state index in [4.69, 9.17) is 9.47 Å². The number of anilines is 2. The molecule has 1 aromatic carbocycles. The second kappa shape index (κ2) is 8.66. The summed E-state index contributed by atoms with van der Waals surface area (Å²) in [6, 6.07) is 14.5. The predicted octanol–water partition coefficient (Wildman–Crippen LogP) is 3.36. The number of amides is 1. The van der Waals surface area contributed by atoms with Crippen LogP contribution in [0.2, 0.25) is 0 Å². The number of nitrogens with zero attached hydrogens (tertiary/aromatic N) is 2. The van der Waals surface area contributed by atoms with Crippen LogP contribution in [0, 0.1) is 0 Å². The Hall–Kier alpha value is -3.61. The van der Waals surface area contributed by atoms with Gasteiger partial charge in [-0.25, -0.2) is 4.98 Å². The van der Waals surface area contributed by atoms with E-state index in [1.54, 1.807) is 36.7 Å². The molecule has 3 aromatic rings. The summed E-state index contributed by atoms with van der Waals surface area (Å²) in [6.07, 6.45) is 3.40. The lowest BCUT2D eigenvalue weighted by Crippen LogP contribution is -2.15. The van der Waals surface area contributed by atoms with E-state index in [9.17, 15) is 4.79 Å². The number of aromatic nitrogens is 2. The first-order valence-corrected chi connectivity index (χ1v) is 8.33. The van der Waals surface area contributed by atoms with Gasteiger partial charge in [-0.3, -0.25) is 9.78 Å². The van der Waals surface area contributed by atoms with Gasteiger partial charge in [0.05, 0.1) is 38.3 Å². The van der Waals surface area contributed by atoms with Crippen LogP contribution in [0.25, 0.3) is 0 Å². The molecule has 27 heavy (non-hydrogen) atoms. The molecule has 0 bridgehead atoms. The molecule has 0 unspecified atom stereocenters. The van der Waals surface area contributed by atoms with Gasteiger partial charge in [0.2, 0.25) is 0 Å². The Kier molecular flexibility index (Phi) is 5.84. The lowest BCUT2D eigenvalue weighted by molar-refractivity contribution is 0.102. The van der Waals surface area contributed by atoms with Crippen molar-refractivity contribution in [1.29, 1.82) is 0 Å². The van der Waals surface area contributed by atoms with Crippen molar-refractivity contribution in [2.45, 2.75) is 6.54 Å². The standard InChI is InChI=1S/C20H20N4O3/c1-26-16-7-5-8-17(27-2)19(16)20(25)24-18-10-9-15(13-23-18)22-12-14-6-3-4-11-21-14/h3-11,13,22H,12H2,1-2H3,(H,23,24,25). The molecule has 0 aliphatic carbocycles. The largest absolute Gasteiger partial charge is 0.496 e. The van der Waals surface area contributed by atoms with E-state index in [0.29, 0.717) is 29.4 Å². The monoisotopic (exact) mass is 364 g/mol. The molecule has 2 N–H and O–H groups in total. The quantitative estimate of drug-likeness (QED) is 0.669. The van der Waals surface area contributed by atoms with Crippen molar-refractivity contribution >= 4 is 17.4 Å². The van der Waals surface area contributed by atoms with Gasteiger partial charge in [0.15, 0.2) is 0 Å². The predicted molar refractivity (Wildman–Crippen MR) is 103 cm³/mol. The molecule has 0 spiro atoms. The third-order valence-corrected chi connectivity index (χ3v) is 3.86. The lowest BCUT2D eigenvalue weighted by Gasteiger charge is -2.13. The summed E-state index contributed by atoms with van der Waals surface area (Å²) in [5.74, 6) is 0.934. The zero-order chi connectivity index (χ0) is 19.1. The molecule has 0 fully saturated rings. The van der Waals surface area contributed by atoms with Crippen LogP contribution in [0.5, 0.6) is 11.5 Å². The van der Waals surface area contributed by atoms with Gasteiger partial charge in [0, 0.05) is 6.20 Å². The van der Waals surface area contributed by atoms with Crippen LogP contribution < -0.4 is 20.1 Å². The molecule has 138 valence electrons. The number of pyridine rings is 2. The van der Waals surface area contributed by atoms with Crippen molar-refractivity contribution in [2.24, 2.45) is 0 Å². The van der Waals surface area contributed by atoms with Crippen molar-refractivity contribution in [1.82, 2.24) is 9.97 Å². The Balaban J connectivity index is 1.67. The molecule has 0 radical (unpaired) electrons. The zero-order valence-corrected chi connectivity index (χ0v) is 15.1. The summed E-state index contributed by atoms with van der Waals surface area (Å²) in [6.45, 7) is 0.590. The number of nitrogens with one attached hydrogen (secondary N) is 2. The van der Waals surface area contributed by atoms with Crippen LogP contribution >= 0.6 is 0 Å². The minimum absolute atomic E-state index is 0.321. The Morgan fingerprint density at radius 1 is 0.963 bits per heavy atom. The molecule has 3 rings (SSSR count). The maximum absolute atomic E-state index is 12.6. The van der Waals surface area contributed by atoms with E-state index < -0.39 is 0 Å². The first-order valence-electron chi connectivity index (χ1n) is 8.33. The van der Waals surface area contributed by atoms with Crippen LogP contribution in [0.4, 0.5) is 11.5 Å². The normalized spacial score (nSPS) is 10.1. The molecule has 0 atom stereocenters. The SMILES string of the molecule is COc1cccc(OC)c1C(=O)Nc1ccc(NCc2ccccn2)cn1. The molecular weight excluding hydrogens is 344 g/mol. The van der Waals surface area contributed by atoms with Crippen LogP contribution in [0.3, 0.4) is 0 Å². The Morgan fingerprint density at radius 3 is 2.33 bits per heavy atom. The summed E-state index contributed by atoms with van der Waals surface area (Å²) in [5, 5.41) is 5.99. The van der Waals surface area contributed by atoms with Crippen molar-refractivity contribution < 1.29 is 14.3 Å². The summed E-state index contributed by atoms with van der Waals surface area (Å²) in [5.41, 5.74) is 2.08. The maximum atomic E-state index is 12.6. The molecule has 1 amide bonds. The van der Waals surface area contributed by atoms with Crippen molar-refractivity contribution in [3.63, 3.8) is 0 Å². The lowest BCUT2D eigenvalue weighted by atomic mass is 10.1. The van der Waals surface area contributed by atoms with E-state index in [0.717, 1.165) is 11.4 Å². The number of carbonyl (C=O) groups is 1. The minimum atomic E-state index is -0.356. The average molecular weight is 364 g/mol. The van der Waals surface area contributed by atoms with Crippen LogP contribution in [0.15, 0.2) is 60.9 Å². The van der Waals surface area contributed by atoms with Crippen LogP contribution in [-0.4, -0.2) is 30.1 Å². The fraction of sp³-hybridized carbons (Fsp3) is 0.150. The summed E-state index contributed by atoms with van der Waals surface area (Å²) in [7, 11) is 3.01. The summed E-state index contributed by atoms with van der Waals surface area (Å²) in [4.78, 5) is 21.2. The molecule has 0 aliphatic rings. The maximum Gasteiger partial charge on any atom is 0.264 e. The van der Waals surface area contributed by atoms with Gasteiger partial charge < -0.3 is 20.1 Å². The van der Waals surface area contributed by atoms with Crippen LogP contribution in [0.1, 0.15) is 16.1 Å². The van der Waals surface area contributed by atoms with E-state index in [1.165, 1.54) is 14.2 Å². The van der Waals surface area contributed by atoms with Gasteiger partial charge in [-0.15, -0.1) is 0 Å². The van der Waals surface area contributed by atoms with Gasteiger partial charge >= 0.3 is 0 Å². The molecule has 0 saturated heterocycles. The number of ether oxygens (including phenoxy) is 2. The second-order valence-corrected chi connectivity index (χ2v) is 5.60. The average Bonchev–Trinajstić information content (AvgIpc) is 2.73. The fourth-order valence-corrected chi connectivity index (χ4v) is 2.52. The van der Waals surface area contributed by atoms with Gasteiger partial charge in [0.25, 0.3) is 5.91 Å². The molecular formula is C20H20N4O3. The van der Waals surface area contributed by atoms with Crippen molar-refractivity contribution in [3.05, 3.63) is 72.2 Å². The van der Waals surface area contributed by atoms with Crippen LogP contribution in [-0.2, 0) is 6.54 Å². The zero-order valence-electron chi connectivity index (χ0n) is 15.1. The molecule has 0 aliphatic heterocycles. The van der Waals surface area contributed by atoms with Gasteiger partial charge in [-0.1, -0.05) is 12.1 Å². The first kappa shape index (κ1) is 18.2. The number of carbonyl (C=O) groups excluding carboxylic acids is 1. The Bertz CT molecular complexity index is 877. The summed E-state index contributed by atoms with van der Waals surface area (Å²) < 4.78 is 10.5. The van der Waals surface area contributed by atoms with E-state index in [2.05, 4.69) is 20.6 Å². The van der Waals surface area contributed by atoms with Crippen molar-refractivity contribution in [2.75, 3.05) is 24.9 Å². The van der Waals surface area contributed by atoms with E-state index in [-0.39, 0.29) is 5.91 Å². The number of methoxy groups -OCH3 is 2. The van der Waals surface area contributed by atoms with Gasteiger partial charge in [-0.2, -0.15) is 0 Å². The van der Waals surface area contributed by atoms with Gasteiger partial charge in [0.1, 0.15) is 22.9 Å². The van der Waals surface area contributed by atoms with E-state index in [1.807, 2.05) is 24.3 Å². The Labute approximate surface area is 157 Å². The van der Waals surface area contributed by atoms with E-state index >= 15 is 0 Å². The number of hydrogen-bond donors (Lipinski definition) is 2. The third kappa shape index (κ3) is 4.52. The van der Waals surface area contributed by atoms with Crippen molar-refractivity contribution in [3.8, 4) is 11.5 Å². The topological polar surface area (TPSA) is 85.4 Å². The molecule has 7 heteroatoms. The highest BCUT2D eigenvalue weighted by atomic mass is 16.5. The number of hydrogen-bond acceptors (Lipinski definition) is 6. The first-order chi connectivity index (χ1) is 13.2.